The van der Waals surface area contributed by atoms with Gasteiger partial charge in [-0.05, 0) is 36.4 Å². The average molecular weight is 231 g/mol. The third-order valence-electron chi connectivity index (χ3n) is 2.13. The molecule has 0 aromatic heterocycles. The van der Waals surface area contributed by atoms with Crippen molar-refractivity contribution in [2.45, 2.75) is 20.3 Å². The Morgan fingerprint density at radius 2 is 2.14 bits per heavy atom. The van der Waals surface area contributed by atoms with Crippen molar-refractivity contribution in [3.63, 3.8) is 0 Å². The highest BCUT2D eigenvalue weighted by molar-refractivity contribution is 6.68. The summed E-state index contributed by atoms with van der Waals surface area (Å²) in [6.07, 6.45) is 6.13. The lowest BCUT2D eigenvalue weighted by molar-refractivity contribution is -0.108. The Morgan fingerprint density at radius 3 is 2.71 bits per heavy atom. The number of allylic oxidation sites excluding steroid dienone is 6. The molecule has 1 nitrogen and oxygen atoms in total. The molecule has 0 aliphatic heterocycles. The highest BCUT2D eigenvalue weighted by Gasteiger charge is 2.10. The average Bonchev–Trinajstić information content (AvgIpc) is 2.09. The van der Waals surface area contributed by atoms with E-state index in [4.69, 9.17) is 23.2 Å². The van der Waals surface area contributed by atoms with Crippen LogP contribution in [-0.4, -0.2) is 5.24 Å². The van der Waals surface area contributed by atoms with Crippen LogP contribution in [0.2, 0.25) is 0 Å². The van der Waals surface area contributed by atoms with E-state index >= 15 is 0 Å². The van der Waals surface area contributed by atoms with Crippen molar-refractivity contribution in [2.75, 3.05) is 0 Å². The molecule has 0 radical (unpaired) electrons. The van der Waals surface area contributed by atoms with Gasteiger partial charge in [0, 0.05) is 10.6 Å². The molecule has 76 valence electrons. The molecule has 0 bridgehead atoms. The number of rotatable bonds is 1. The van der Waals surface area contributed by atoms with Gasteiger partial charge in [0.2, 0.25) is 0 Å². The molecule has 0 N–H and O–H groups in total. The molecular formula is C11H12Cl2O. The van der Waals surface area contributed by atoms with Crippen LogP contribution in [-0.2, 0) is 4.79 Å². The molecular weight excluding hydrogens is 219 g/mol. The molecule has 0 aromatic carbocycles. The Hall–Kier alpha value is -0.530. The van der Waals surface area contributed by atoms with Crippen LogP contribution in [0.4, 0.5) is 0 Å². The van der Waals surface area contributed by atoms with Crippen molar-refractivity contribution in [3.8, 4) is 0 Å². The van der Waals surface area contributed by atoms with Crippen LogP contribution in [0.1, 0.15) is 20.3 Å². The van der Waals surface area contributed by atoms with E-state index in [1.165, 1.54) is 0 Å². The predicted molar refractivity (Wildman–Crippen MR) is 60.4 cm³/mol. The van der Waals surface area contributed by atoms with Crippen molar-refractivity contribution in [2.24, 2.45) is 5.92 Å². The van der Waals surface area contributed by atoms with Gasteiger partial charge >= 0.3 is 0 Å². The first-order chi connectivity index (χ1) is 6.50. The summed E-state index contributed by atoms with van der Waals surface area (Å²) in [6.45, 7) is 3.93. The van der Waals surface area contributed by atoms with E-state index in [0.29, 0.717) is 5.57 Å². The first-order valence-corrected chi connectivity index (χ1v) is 5.21. The summed E-state index contributed by atoms with van der Waals surface area (Å²) in [6, 6.07) is 0. The first-order valence-electron chi connectivity index (χ1n) is 4.45. The third kappa shape index (κ3) is 3.00. The Labute approximate surface area is 94.1 Å². The number of halogens is 2. The zero-order valence-corrected chi connectivity index (χ0v) is 9.69. The molecule has 1 unspecified atom stereocenters. The predicted octanol–water partition coefficient (Wildman–Crippen LogP) is 3.79. The van der Waals surface area contributed by atoms with Gasteiger partial charge in [0.05, 0.1) is 0 Å². The maximum absolute atomic E-state index is 11.0. The summed E-state index contributed by atoms with van der Waals surface area (Å²) >= 11 is 11.5. The van der Waals surface area contributed by atoms with Crippen LogP contribution >= 0.6 is 23.2 Å². The van der Waals surface area contributed by atoms with Gasteiger partial charge in [-0.15, -0.1) is 0 Å². The standard InChI is InChI=1S/C11H12Cl2O/c1-7-5-9(11(13)14)4-3-8(2)10(12)6-7/h3-5,7H,6H2,1-2H3. The zero-order valence-electron chi connectivity index (χ0n) is 8.18. The smallest absolute Gasteiger partial charge is 0.252 e. The molecule has 1 aliphatic carbocycles. The Bertz CT molecular complexity index is 337. The molecule has 1 atom stereocenters. The minimum Gasteiger partial charge on any atom is -0.276 e. The lowest BCUT2D eigenvalue weighted by Gasteiger charge is -2.11. The van der Waals surface area contributed by atoms with E-state index in [1.807, 2.05) is 26.0 Å². The van der Waals surface area contributed by atoms with Gasteiger partial charge in [0.25, 0.3) is 5.24 Å². The largest absolute Gasteiger partial charge is 0.276 e. The molecule has 14 heavy (non-hydrogen) atoms. The molecule has 1 aliphatic rings. The van der Waals surface area contributed by atoms with Gasteiger partial charge in [-0.2, -0.15) is 0 Å². The quantitative estimate of drug-likeness (QED) is 0.627. The van der Waals surface area contributed by atoms with Crippen LogP contribution in [0.25, 0.3) is 0 Å². The van der Waals surface area contributed by atoms with Gasteiger partial charge in [0.15, 0.2) is 0 Å². The maximum atomic E-state index is 11.0. The van der Waals surface area contributed by atoms with Crippen LogP contribution in [0.5, 0.6) is 0 Å². The molecule has 0 heterocycles. The van der Waals surface area contributed by atoms with E-state index in [0.717, 1.165) is 17.0 Å². The molecule has 0 spiro atoms. The number of hydrogen-bond acceptors (Lipinski definition) is 1. The minimum atomic E-state index is -0.418. The Balaban J connectivity index is 3.05. The molecule has 0 saturated heterocycles. The third-order valence-corrected chi connectivity index (χ3v) is 2.80. The summed E-state index contributed by atoms with van der Waals surface area (Å²) in [4.78, 5) is 11.0. The number of carbonyl (C=O) groups is 1. The van der Waals surface area contributed by atoms with Crippen molar-refractivity contribution in [1.29, 1.82) is 0 Å². The van der Waals surface area contributed by atoms with Crippen LogP contribution in [0.15, 0.2) is 34.4 Å². The van der Waals surface area contributed by atoms with E-state index < -0.39 is 5.24 Å². The summed E-state index contributed by atoms with van der Waals surface area (Å²) in [5.41, 5.74) is 1.53. The van der Waals surface area contributed by atoms with E-state index in [9.17, 15) is 4.79 Å². The summed E-state index contributed by atoms with van der Waals surface area (Å²) in [5.74, 6) is 0.236. The second-order valence-corrected chi connectivity index (χ2v) is 4.30. The van der Waals surface area contributed by atoms with Crippen LogP contribution in [0, 0.1) is 5.92 Å². The fraction of sp³-hybridized carbons (Fsp3) is 0.364. The molecule has 0 amide bonds. The first kappa shape index (κ1) is 11.5. The second kappa shape index (κ2) is 4.81. The van der Waals surface area contributed by atoms with E-state index in [2.05, 4.69) is 0 Å². The minimum absolute atomic E-state index is 0.236. The second-order valence-electron chi connectivity index (χ2n) is 3.50. The van der Waals surface area contributed by atoms with Crippen molar-refractivity contribution >= 4 is 28.4 Å². The molecule has 0 fully saturated rings. The summed E-state index contributed by atoms with van der Waals surface area (Å²) in [7, 11) is 0. The SMILES string of the molecule is CC1=C(Cl)CC(C)C=C(C(=O)Cl)C=C1. The number of hydrogen-bond donors (Lipinski definition) is 0. The molecule has 0 aromatic rings. The number of carbonyl (C=O) groups excluding carboxylic acids is 1. The topological polar surface area (TPSA) is 17.1 Å². The highest BCUT2D eigenvalue weighted by atomic mass is 35.5. The molecule has 1 rings (SSSR count). The van der Waals surface area contributed by atoms with Gasteiger partial charge in [-0.3, -0.25) is 4.79 Å². The van der Waals surface area contributed by atoms with E-state index in [-0.39, 0.29) is 5.92 Å². The van der Waals surface area contributed by atoms with Gasteiger partial charge in [-0.1, -0.05) is 36.8 Å². The Kier molecular flexibility index (Phi) is 3.97. The fourth-order valence-corrected chi connectivity index (χ4v) is 1.73. The van der Waals surface area contributed by atoms with Crippen molar-refractivity contribution in [3.05, 3.63) is 34.4 Å². The van der Waals surface area contributed by atoms with Crippen molar-refractivity contribution in [1.82, 2.24) is 0 Å². The molecule has 3 heteroatoms. The van der Waals surface area contributed by atoms with Crippen LogP contribution < -0.4 is 0 Å². The van der Waals surface area contributed by atoms with Gasteiger partial charge in [-0.25, -0.2) is 0 Å². The lowest BCUT2D eigenvalue weighted by Crippen LogP contribution is -1.99. The van der Waals surface area contributed by atoms with Gasteiger partial charge < -0.3 is 0 Å². The maximum Gasteiger partial charge on any atom is 0.252 e. The van der Waals surface area contributed by atoms with Crippen LogP contribution in [0.3, 0.4) is 0 Å². The molecule has 0 saturated carbocycles. The van der Waals surface area contributed by atoms with E-state index in [1.54, 1.807) is 6.08 Å². The van der Waals surface area contributed by atoms with Gasteiger partial charge in [0.1, 0.15) is 0 Å². The normalized spacial score (nSPS) is 22.9. The monoisotopic (exact) mass is 230 g/mol. The highest BCUT2D eigenvalue weighted by Crippen LogP contribution is 2.25. The van der Waals surface area contributed by atoms with Crippen molar-refractivity contribution < 1.29 is 4.79 Å². The summed E-state index contributed by atoms with van der Waals surface area (Å²) < 4.78 is 0. The fourth-order valence-electron chi connectivity index (χ4n) is 1.30. The Morgan fingerprint density at radius 1 is 1.50 bits per heavy atom. The zero-order chi connectivity index (χ0) is 10.7. The lowest BCUT2D eigenvalue weighted by atomic mass is 9.99. The summed E-state index contributed by atoms with van der Waals surface area (Å²) in [5, 5.41) is 0.421.